The van der Waals surface area contributed by atoms with Gasteiger partial charge in [-0.2, -0.15) is 0 Å². The van der Waals surface area contributed by atoms with E-state index in [1.807, 2.05) is 30.3 Å². The minimum Gasteiger partial charge on any atom is -0.378 e. The fraction of sp³-hybridized carbons (Fsp3) is 0.312. The average Bonchev–Trinajstić information content (AvgIpc) is 2.62. The van der Waals surface area contributed by atoms with E-state index in [1.165, 1.54) is 0 Å². The quantitative estimate of drug-likeness (QED) is 0.897. The minimum absolute atomic E-state index is 0.281. The van der Waals surface area contributed by atoms with Gasteiger partial charge in [0.15, 0.2) is 0 Å². The van der Waals surface area contributed by atoms with E-state index in [1.54, 1.807) is 12.4 Å². The Morgan fingerprint density at radius 2 is 2.04 bits per heavy atom. The van der Waals surface area contributed by atoms with E-state index in [9.17, 15) is 4.79 Å². The molecule has 2 aromatic heterocycles. The van der Waals surface area contributed by atoms with Gasteiger partial charge in [-0.1, -0.05) is 6.07 Å². The number of anilines is 2. The summed E-state index contributed by atoms with van der Waals surface area (Å²) in [5.74, 6) is 0.896. The molecule has 2 amide bonds. The minimum atomic E-state index is -0.281. The first kappa shape index (κ1) is 15.2. The van der Waals surface area contributed by atoms with Crippen LogP contribution in [0.1, 0.15) is 5.69 Å². The molecule has 2 N–H and O–H groups in total. The summed E-state index contributed by atoms with van der Waals surface area (Å²) in [6.45, 7) is 3.50. The van der Waals surface area contributed by atoms with Gasteiger partial charge in [-0.25, -0.2) is 9.78 Å². The standard InChI is InChI=1S/C16H19N5O2/c22-16(19-11-13-3-1-2-6-17-13)20-14-4-5-15(18-12-14)21-7-9-23-10-8-21/h1-6,12H,7-11H2,(H2,19,20,22). The van der Waals surface area contributed by atoms with Crippen LogP contribution in [0.25, 0.3) is 0 Å². The van der Waals surface area contributed by atoms with Crippen LogP contribution < -0.4 is 15.5 Å². The summed E-state index contributed by atoms with van der Waals surface area (Å²) >= 11 is 0. The number of urea groups is 1. The molecule has 0 saturated carbocycles. The molecule has 1 aliphatic heterocycles. The predicted octanol–water partition coefficient (Wildman–Crippen LogP) is 1.63. The first-order valence-electron chi connectivity index (χ1n) is 7.55. The number of morpholine rings is 1. The number of rotatable bonds is 4. The Kier molecular flexibility index (Phi) is 5.00. The molecule has 0 atom stereocenters. The topological polar surface area (TPSA) is 79.4 Å². The van der Waals surface area contributed by atoms with Gasteiger partial charge in [0.25, 0.3) is 0 Å². The van der Waals surface area contributed by atoms with E-state index in [0.717, 1.165) is 37.8 Å². The molecule has 3 heterocycles. The van der Waals surface area contributed by atoms with Crippen molar-refractivity contribution in [2.45, 2.75) is 6.54 Å². The highest BCUT2D eigenvalue weighted by molar-refractivity contribution is 5.89. The van der Waals surface area contributed by atoms with Crippen LogP contribution in [0.15, 0.2) is 42.7 Å². The van der Waals surface area contributed by atoms with Crippen molar-refractivity contribution < 1.29 is 9.53 Å². The van der Waals surface area contributed by atoms with E-state index in [4.69, 9.17) is 4.74 Å². The van der Waals surface area contributed by atoms with E-state index in [0.29, 0.717) is 12.2 Å². The molecule has 0 spiro atoms. The van der Waals surface area contributed by atoms with Crippen LogP contribution in [0.2, 0.25) is 0 Å². The molecule has 23 heavy (non-hydrogen) atoms. The number of amides is 2. The third-order valence-corrected chi connectivity index (χ3v) is 3.50. The maximum atomic E-state index is 11.9. The van der Waals surface area contributed by atoms with Crippen LogP contribution in [-0.4, -0.2) is 42.3 Å². The van der Waals surface area contributed by atoms with E-state index in [2.05, 4.69) is 25.5 Å². The number of nitrogens with zero attached hydrogens (tertiary/aromatic N) is 3. The van der Waals surface area contributed by atoms with Crippen molar-refractivity contribution in [3.05, 3.63) is 48.4 Å². The smallest absolute Gasteiger partial charge is 0.319 e. The van der Waals surface area contributed by atoms with E-state index in [-0.39, 0.29) is 6.03 Å². The number of nitrogens with one attached hydrogen (secondary N) is 2. The molecule has 0 unspecified atom stereocenters. The van der Waals surface area contributed by atoms with E-state index < -0.39 is 0 Å². The summed E-state index contributed by atoms with van der Waals surface area (Å²) < 4.78 is 5.32. The Balaban J connectivity index is 1.50. The second-order valence-electron chi connectivity index (χ2n) is 5.13. The Labute approximate surface area is 134 Å². The average molecular weight is 313 g/mol. The molecular formula is C16H19N5O2. The number of hydrogen-bond donors (Lipinski definition) is 2. The number of hydrogen-bond acceptors (Lipinski definition) is 5. The van der Waals surface area contributed by atoms with Crippen LogP contribution in [0, 0.1) is 0 Å². The lowest BCUT2D eigenvalue weighted by molar-refractivity contribution is 0.122. The summed E-state index contributed by atoms with van der Waals surface area (Å²) in [5, 5.41) is 5.52. The highest BCUT2D eigenvalue weighted by Crippen LogP contribution is 2.15. The maximum absolute atomic E-state index is 11.9. The molecular weight excluding hydrogens is 294 g/mol. The van der Waals surface area contributed by atoms with Gasteiger partial charge < -0.3 is 20.3 Å². The lowest BCUT2D eigenvalue weighted by atomic mass is 10.3. The first-order chi connectivity index (χ1) is 11.3. The number of ether oxygens (including phenoxy) is 1. The van der Waals surface area contributed by atoms with Crippen LogP contribution in [0.5, 0.6) is 0 Å². The molecule has 7 heteroatoms. The normalized spacial score (nSPS) is 14.3. The number of aromatic nitrogens is 2. The molecule has 3 rings (SSSR count). The largest absolute Gasteiger partial charge is 0.378 e. The van der Waals surface area contributed by atoms with Gasteiger partial charge in [0.05, 0.1) is 37.3 Å². The molecule has 0 aliphatic carbocycles. The summed E-state index contributed by atoms with van der Waals surface area (Å²) in [6.07, 6.45) is 3.36. The summed E-state index contributed by atoms with van der Waals surface area (Å²) in [6, 6.07) is 9.05. The van der Waals surface area contributed by atoms with Crippen molar-refractivity contribution in [3.8, 4) is 0 Å². The fourth-order valence-corrected chi connectivity index (χ4v) is 2.29. The molecule has 2 aromatic rings. The van der Waals surface area contributed by atoms with Crippen molar-refractivity contribution in [1.29, 1.82) is 0 Å². The summed E-state index contributed by atoms with van der Waals surface area (Å²) in [4.78, 5) is 22.6. The van der Waals surface area contributed by atoms with Gasteiger partial charge in [-0.15, -0.1) is 0 Å². The van der Waals surface area contributed by atoms with Crippen molar-refractivity contribution in [2.24, 2.45) is 0 Å². The molecule has 1 saturated heterocycles. The monoisotopic (exact) mass is 313 g/mol. The van der Waals surface area contributed by atoms with Gasteiger partial charge in [0.1, 0.15) is 5.82 Å². The van der Waals surface area contributed by atoms with Gasteiger partial charge in [-0.05, 0) is 24.3 Å². The maximum Gasteiger partial charge on any atom is 0.319 e. The summed E-state index contributed by atoms with van der Waals surface area (Å²) in [7, 11) is 0. The van der Waals surface area contributed by atoms with Gasteiger partial charge >= 0.3 is 6.03 Å². The molecule has 0 aromatic carbocycles. The second kappa shape index (κ2) is 7.55. The molecule has 1 aliphatic rings. The zero-order valence-electron chi connectivity index (χ0n) is 12.7. The number of carbonyl (C=O) groups is 1. The Morgan fingerprint density at radius 3 is 2.74 bits per heavy atom. The van der Waals surface area contributed by atoms with Crippen molar-refractivity contribution >= 4 is 17.5 Å². The van der Waals surface area contributed by atoms with Crippen LogP contribution in [-0.2, 0) is 11.3 Å². The van der Waals surface area contributed by atoms with Crippen molar-refractivity contribution in [3.63, 3.8) is 0 Å². The number of carbonyl (C=O) groups excluding carboxylic acids is 1. The van der Waals surface area contributed by atoms with Crippen molar-refractivity contribution in [2.75, 3.05) is 36.5 Å². The van der Waals surface area contributed by atoms with Gasteiger partial charge in [-0.3, -0.25) is 4.98 Å². The molecule has 0 bridgehead atoms. The number of pyridine rings is 2. The Hall–Kier alpha value is -2.67. The van der Waals surface area contributed by atoms with Crippen molar-refractivity contribution in [1.82, 2.24) is 15.3 Å². The predicted molar refractivity (Wildman–Crippen MR) is 87.4 cm³/mol. The molecule has 7 nitrogen and oxygen atoms in total. The first-order valence-corrected chi connectivity index (χ1v) is 7.55. The molecule has 120 valence electrons. The SMILES string of the molecule is O=C(NCc1ccccn1)Nc1ccc(N2CCOCC2)nc1. The highest BCUT2D eigenvalue weighted by Gasteiger charge is 2.12. The van der Waals surface area contributed by atoms with Crippen LogP contribution in [0.4, 0.5) is 16.3 Å². The Morgan fingerprint density at radius 1 is 1.17 bits per heavy atom. The zero-order valence-corrected chi connectivity index (χ0v) is 12.7. The lowest BCUT2D eigenvalue weighted by Gasteiger charge is -2.27. The molecule has 1 fully saturated rings. The molecule has 0 radical (unpaired) electrons. The fourth-order valence-electron chi connectivity index (χ4n) is 2.29. The lowest BCUT2D eigenvalue weighted by Crippen LogP contribution is -2.36. The zero-order chi connectivity index (χ0) is 15.9. The third kappa shape index (κ3) is 4.40. The third-order valence-electron chi connectivity index (χ3n) is 3.50. The Bertz CT molecular complexity index is 627. The van der Waals surface area contributed by atoms with Gasteiger partial charge in [0.2, 0.25) is 0 Å². The second-order valence-corrected chi connectivity index (χ2v) is 5.13. The van der Waals surface area contributed by atoms with Gasteiger partial charge in [0, 0.05) is 19.3 Å². The van der Waals surface area contributed by atoms with Crippen LogP contribution in [0.3, 0.4) is 0 Å². The van der Waals surface area contributed by atoms with E-state index >= 15 is 0 Å². The summed E-state index contributed by atoms with van der Waals surface area (Å²) in [5.41, 5.74) is 1.46. The highest BCUT2D eigenvalue weighted by atomic mass is 16.5. The van der Waals surface area contributed by atoms with Crippen LogP contribution >= 0.6 is 0 Å².